The molecule has 2 atom stereocenters. The Balaban J connectivity index is 1.36. The smallest absolute Gasteiger partial charge is 0.405 e. The van der Waals surface area contributed by atoms with E-state index in [1.807, 2.05) is 0 Å². The first-order valence-corrected chi connectivity index (χ1v) is 13.5. The number of carbonyl (C=O) groups is 2. The minimum absolute atomic E-state index is 0.0631. The van der Waals surface area contributed by atoms with Crippen molar-refractivity contribution in [3.05, 3.63) is 51.5 Å². The van der Waals surface area contributed by atoms with E-state index in [4.69, 9.17) is 39.5 Å². The lowest BCUT2D eigenvalue weighted by Crippen LogP contribution is -2.55. The fourth-order valence-corrected chi connectivity index (χ4v) is 5.80. The van der Waals surface area contributed by atoms with Crippen LogP contribution in [0.2, 0.25) is 15.1 Å². The zero-order valence-electron chi connectivity index (χ0n) is 21.2. The van der Waals surface area contributed by atoms with Gasteiger partial charge in [0.15, 0.2) is 5.60 Å². The second-order valence-electron chi connectivity index (χ2n) is 10.2. The highest BCUT2D eigenvalue weighted by Gasteiger charge is 2.43. The molecule has 0 spiro atoms. The zero-order valence-corrected chi connectivity index (χ0v) is 23.4. The van der Waals surface area contributed by atoms with Gasteiger partial charge in [0, 0.05) is 28.8 Å². The van der Waals surface area contributed by atoms with E-state index in [0.717, 1.165) is 18.5 Å². The Morgan fingerprint density at radius 2 is 1.67 bits per heavy atom. The molecule has 39 heavy (non-hydrogen) atoms. The van der Waals surface area contributed by atoms with Crippen LogP contribution >= 0.6 is 34.8 Å². The van der Waals surface area contributed by atoms with Gasteiger partial charge in [-0.25, -0.2) is 4.79 Å². The molecule has 2 saturated heterocycles. The number of amides is 3. The number of ether oxygens (including phenoxy) is 1. The topological polar surface area (TPSA) is 82.7 Å². The van der Waals surface area contributed by atoms with Gasteiger partial charge in [-0.1, -0.05) is 34.8 Å². The number of nitrogens with zero attached hydrogens (tertiary/aromatic N) is 1. The standard InChI is InChI=1S/C26H28Cl3F3N4O3/c1-25(2,39-22-8-3-14(27)9-20(22)29)23(37)34-16-10-17-5-6-18(11-16)36(17)21-7-4-15(12-19(21)28)35-24(38)33-13-26(30,31)32/h3-4,7-9,12,16-18H,5-6,10-11,13H2,1-2H3,(H,34,37)(H2,33,35,38). The van der Waals surface area contributed by atoms with E-state index in [2.05, 4.69) is 15.5 Å². The predicted octanol–water partition coefficient (Wildman–Crippen LogP) is 6.80. The first kappa shape index (κ1) is 29.4. The van der Waals surface area contributed by atoms with Crippen molar-refractivity contribution in [2.24, 2.45) is 0 Å². The molecule has 4 rings (SSSR count). The van der Waals surface area contributed by atoms with Crippen LogP contribution in [0.15, 0.2) is 36.4 Å². The van der Waals surface area contributed by atoms with Gasteiger partial charge in [-0.2, -0.15) is 13.2 Å². The Morgan fingerprint density at radius 1 is 1.00 bits per heavy atom. The fraction of sp³-hybridized carbons (Fsp3) is 0.462. The number of hydrogen-bond acceptors (Lipinski definition) is 4. The third kappa shape index (κ3) is 7.35. The van der Waals surface area contributed by atoms with Crippen molar-refractivity contribution in [1.82, 2.24) is 10.6 Å². The lowest BCUT2D eigenvalue weighted by Gasteiger charge is -2.42. The summed E-state index contributed by atoms with van der Waals surface area (Å²) in [4.78, 5) is 27.1. The van der Waals surface area contributed by atoms with Gasteiger partial charge in [0.25, 0.3) is 5.91 Å². The number of hydrogen-bond donors (Lipinski definition) is 3. The van der Waals surface area contributed by atoms with Gasteiger partial charge < -0.3 is 25.6 Å². The number of nitrogens with one attached hydrogen (secondary N) is 3. The highest BCUT2D eigenvalue weighted by molar-refractivity contribution is 6.35. The van der Waals surface area contributed by atoms with E-state index in [1.165, 1.54) is 6.07 Å². The van der Waals surface area contributed by atoms with E-state index in [-0.39, 0.29) is 29.7 Å². The molecule has 7 nitrogen and oxygen atoms in total. The van der Waals surface area contributed by atoms with E-state index in [1.54, 1.807) is 49.5 Å². The highest BCUT2D eigenvalue weighted by Crippen LogP contribution is 2.43. The van der Waals surface area contributed by atoms with Crippen molar-refractivity contribution in [3.8, 4) is 5.75 Å². The number of halogens is 6. The molecule has 0 aromatic heterocycles. The van der Waals surface area contributed by atoms with Gasteiger partial charge in [-0.3, -0.25) is 4.79 Å². The van der Waals surface area contributed by atoms with Gasteiger partial charge in [0.2, 0.25) is 0 Å². The van der Waals surface area contributed by atoms with Crippen LogP contribution in [0.3, 0.4) is 0 Å². The molecule has 3 amide bonds. The fourth-order valence-electron chi connectivity index (χ4n) is 5.08. The summed E-state index contributed by atoms with van der Waals surface area (Å²) in [5.41, 5.74) is -0.121. The van der Waals surface area contributed by atoms with Crippen molar-refractivity contribution >= 4 is 58.1 Å². The summed E-state index contributed by atoms with van der Waals surface area (Å²) in [7, 11) is 0. The second-order valence-corrected chi connectivity index (χ2v) is 11.5. The molecule has 2 aliphatic rings. The van der Waals surface area contributed by atoms with E-state index >= 15 is 0 Å². The van der Waals surface area contributed by atoms with E-state index in [0.29, 0.717) is 33.7 Å². The average Bonchev–Trinajstić information content (AvgIpc) is 3.08. The molecular formula is C26H28Cl3F3N4O3. The first-order valence-electron chi connectivity index (χ1n) is 12.4. The summed E-state index contributed by atoms with van der Waals surface area (Å²) >= 11 is 18.7. The Labute approximate surface area is 239 Å². The van der Waals surface area contributed by atoms with Crippen LogP contribution in [0, 0.1) is 0 Å². The first-order chi connectivity index (χ1) is 18.2. The van der Waals surface area contributed by atoms with Gasteiger partial charge in [0.05, 0.1) is 15.7 Å². The predicted molar refractivity (Wildman–Crippen MR) is 146 cm³/mol. The van der Waals surface area contributed by atoms with Crippen molar-refractivity contribution in [1.29, 1.82) is 0 Å². The van der Waals surface area contributed by atoms with Gasteiger partial charge >= 0.3 is 12.2 Å². The number of benzene rings is 2. The van der Waals surface area contributed by atoms with Crippen LogP contribution in [0.25, 0.3) is 0 Å². The largest absolute Gasteiger partial charge is 0.476 e. The lowest BCUT2D eigenvalue weighted by atomic mass is 9.95. The molecule has 13 heteroatoms. The second kappa shape index (κ2) is 11.5. The van der Waals surface area contributed by atoms with Crippen molar-refractivity contribution in [2.45, 2.75) is 69.4 Å². The monoisotopic (exact) mass is 606 g/mol. The maximum Gasteiger partial charge on any atom is 0.405 e. The average molecular weight is 608 g/mol. The molecule has 0 saturated carbocycles. The Morgan fingerprint density at radius 3 is 2.26 bits per heavy atom. The van der Waals surface area contributed by atoms with Crippen LogP contribution in [0.5, 0.6) is 5.75 Å². The molecule has 2 aliphatic heterocycles. The van der Waals surface area contributed by atoms with Gasteiger partial charge in [0.1, 0.15) is 12.3 Å². The van der Waals surface area contributed by atoms with Crippen LogP contribution in [-0.2, 0) is 4.79 Å². The SMILES string of the molecule is CC(C)(Oc1ccc(Cl)cc1Cl)C(=O)NC1CC2CCC(C1)N2c1ccc(NC(=O)NCC(F)(F)F)cc1Cl. The molecule has 3 N–H and O–H groups in total. The zero-order chi connectivity index (χ0) is 28.5. The number of fused-ring (bicyclic) bond motifs is 2. The molecule has 2 heterocycles. The molecule has 0 radical (unpaired) electrons. The third-order valence-corrected chi connectivity index (χ3v) is 7.64. The van der Waals surface area contributed by atoms with Crippen LogP contribution < -0.4 is 25.6 Å². The number of anilines is 2. The minimum atomic E-state index is -4.50. The third-order valence-electron chi connectivity index (χ3n) is 6.81. The van der Waals surface area contributed by atoms with Crippen LogP contribution in [0.1, 0.15) is 39.5 Å². The molecule has 2 unspecified atom stereocenters. The maximum atomic E-state index is 13.1. The molecule has 2 fully saturated rings. The minimum Gasteiger partial charge on any atom is -0.476 e. The van der Waals surface area contributed by atoms with E-state index < -0.39 is 24.4 Å². The highest BCUT2D eigenvalue weighted by atomic mass is 35.5. The molecule has 2 aromatic carbocycles. The molecule has 2 aromatic rings. The molecule has 212 valence electrons. The molecule has 0 aliphatic carbocycles. The summed E-state index contributed by atoms with van der Waals surface area (Å²) in [5.74, 6) is 0.102. The Hall–Kier alpha value is -2.56. The van der Waals surface area contributed by atoms with Crippen LogP contribution in [0.4, 0.5) is 29.3 Å². The maximum absolute atomic E-state index is 13.1. The lowest BCUT2D eigenvalue weighted by molar-refractivity contribution is -0.135. The number of urea groups is 1. The summed E-state index contributed by atoms with van der Waals surface area (Å²) in [6.45, 7) is 1.92. The number of piperidine rings is 1. The van der Waals surface area contributed by atoms with Gasteiger partial charge in [-0.05, 0) is 75.9 Å². The summed E-state index contributed by atoms with van der Waals surface area (Å²) in [5, 5.41) is 8.40. The molecular weight excluding hydrogens is 580 g/mol. The van der Waals surface area contributed by atoms with Crippen molar-refractivity contribution in [3.63, 3.8) is 0 Å². The summed E-state index contributed by atoms with van der Waals surface area (Å²) < 4.78 is 42.9. The Bertz CT molecular complexity index is 1230. The number of carbonyl (C=O) groups excluding carboxylic acids is 2. The van der Waals surface area contributed by atoms with E-state index in [9.17, 15) is 22.8 Å². The van der Waals surface area contributed by atoms with Crippen LogP contribution in [-0.4, -0.2) is 48.4 Å². The Kier molecular flexibility index (Phi) is 8.68. The normalized spacial score (nSPS) is 20.9. The summed E-state index contributed by atoms with van der Waals surface area (Å²) in [6, 6.07) is 8.91. The van der Waals surface area contributed by atoms with Crippen molar-refractivity contribution in [2.75, 3.05) is 16.8 Å². The van der Waals surface area contributed by atoms with Gasteiger partial charge in [-0.15, -0.1) is 0 Å². The quantitative estimate of drug-likeness (QED) is 0.323. The summed E-state index contributed by atoms with van der Waals surface area (Å²) in [6.07, 6.45) is -1.25. The number of rotatable bonds is 7. The molecule has 2 bridgehead atoms. The van der Waals surface area contributed by atoms with Crippen molar-refractivity contribution < 1.29 is 27.5 Å². The number of alkyl halides is 3.